The molecule has 1 aliphatic carbocycles. The molecule has 0 radical (unpaired) electrons. The minimum absolute atomic E-state index is 0.0554. The Morgan fingerprint density at radius 3 is 0.846 bits per heavy atom. The molecule has 434 valence electrons. The summed E-state index contributed by atoms with van der Waals surface area (Å²) >= 11 is 0. The predicted octanol–water partition coefficient (Wildman–Crippen LogP) is 25.8. The van der Waals surface area contributed by atoms with Crippen molar-refractivity contribution in [2.75, 3.05) is 0 Å². The Hall–Kier alpha value is -3.16. The van der Waals surface area contributed by atoms with Gasteiger partial charge in [-0.05, 0) is 120 Å². The van der Waals surface area contributed by atoms with Crippen molar-refractivity contribution in [2.45, 2.75) is 342 Å². The Morgan fingerprint density at radius 1 is 0.256 bits per heavy atom. The van der Waals surface area contributed by atoms with Crippen LogP contribution in [-0.4, -0.2) is 0 Å². The normalized spacial score (nSPS) is 14.8. The van der Waals surface area contributed by atoms with Crippen LogP contribution in [0, 0.1) is 13.8 Å². The summed E-state index contributed by atoms with van der Waals surface area (Å²) in [7, 11) is 0. The molecule has 0 unspecified atom stereocenters. The minimum atomic E-state index is -0.359. The van der Waals surface area contributed by atoms with Crippen LogP contribution in [0.4, 0.5) is 0 Å². The van der Waals surface area contributed by atoms with Crippen LogP contribution in [0.5, 0.6) is 0 Å². The quantitative estimate of drug-likeness (QED) is 0.0402. The van der Waals surface area contributed by atoms with E-state index < -0.39 is 0 Å². The molecule has 4 aromatic carbocycles. The first-order chi connectivity index (χ1) is 38.2. The molecular weight excluding hydrogens is 941 g/mol. The van der Waals surface area contributed by atoms with E-state index in [0.29, 0.717) is 0 Å². The van der Waals surface area contributed by atoms with E-state index in [4.69, 9.17) is 4.74 Å². The molecule has 6 rings (SSSR count). The molecule has 4 aromatic rings. The van der Waals surface area contributed by atoms with Gasteiger partial charge in [0, 0.05) is 5.41 Å². The number of hydrogen-bond donors (Lipinski definition) is 0. The largest absolute Gasteiger partial charge is 0.359 e. The lowest BCUT2D eigenvalue weighted by molar-refractivity contribution is -0.185. The van der Waals surface area contributed by atoms with Gasteiger partial charge < -0.3 is 4.74 Å². The molecule has 0 aromatic heterocycles. The first-order valence-electron chi connectivity index (χ1n) is 34.5. The van der Waals surface area contributed by atoms with E-state index in [9.17, 15) is 0 Å². The van der Waals surface area contributed by atoms with Crippen LogP contribution < -0.4 is 0 Å². The third-order valence-electron chi connectivity index (χ3n) is 19.4. The standard InChI is InChI=1S/C77H120O/c1-9-15-21-27-33-39-53-75(54-40-34-28-22-16-10-2)71-59-63(7)45-49-67(71)68-51-47-65(61-72(68)75)66-48-52-70-69-50-46-64(8)60-73(69)76(55-41-35-29-23-17-11-3,56-42-36-30-24-18-12-4)78-77(74(70)62-66,57-43-37-31-25-19-13-5)58-44-38-32-26-20-14-6/h45-52,59-62H,9-44,53-58H2,1-8H3. The Labute approximate surface area is 483 Å². The van der Waals surface area contributed by atoms with Crippen LogP contribution in [0.2, 0.25) is 0 Å². The number of ether oxygens (including phenoxy) is 1. The van der Waals surface area contributed by atoms with Crippen molar-refractivity contribution in [3.8, 4) is 33.4 Å². The van der Waals surface area contributed by atoms with Crippen molar-refractivity contribution in [3.63, 3.8) is 0 Å². The molecule has 0 saturated carbocycles. The number of hydrogen-bond acceptors (Lipinski definition) is 1. The summed E-state index contributed by atoms with van der Waals surface area (Å²) in [6.45, 7) is 18.8. The Kier molecular flexibility index (Phi) is 28.7. The van der Waals surface area contributed by atoms with Crippen molar-refractivity contribution >= 4 is 0 Å². The van der Waals surface area contributed by atoms with Gasteiger partial charge in [-0.2, -0.15) is 0 Å². The van der Waals surface area contributed by atoms with Crippen LogP contribution in [0.1, 0.15) is 345 Å². The Bertz CT molecular complexity index is 2230. The van der Waals surface area contributed by atoms with Gasteiger partial charge in [0.1, 0.15) is 0 Å². The van der Waals surface area contributed by atoms with Crippen LogP contribution in [0.25, 0.3) is 33.4 Å². The molecule has 1 heterocycles. The van der Waals surface area contributed by atoms with Gasteiger partial charge in [0.2, 0.25) is 0 Å². The van der Waals surface area contributed by atoms with Gasteiger partial charge >= 0.3 is 0 Å². The van der Waals surface area contributed by atoms with Gasteiger partial charge in [-0.25, -0.2) is 0 Å². The SMILES string of the molecule is CCCCCCCCC1(CCCCCCCC)OC(CCCCCCCC)(CCCCCCCC)c2cc(-c3ccc4c(c3)C(CCCCCCCC)(CCCCCCCC)c3cc(C)ccc3-4)ccc2-c2ccc(C)cc21. The van der Waals surface area contributed by atoms with Gasteiger partial charge in [0.15, 0.2) is 0 Å². The van der Waals surface area contributed by atoms with E-state index in [2.05, 4.69) is 128 Å². The van der Waals surface area contributed by atoms with Gasteiger partial charge in [-0.1, -0.05) is 344 Å². The van der Waals surface area contributed by atoms with Gasteiger partial charge in [-0.3, -0.25) is 0 Å². The average Bonchev–Trinajstić information content (AvgIpc) is 3.94. The second-order valence-electron chi connectivity index (χ2n) is 25.9. The lowest BCUT2D eigenvalue weighted by Gasteiger charge is -2.45. The van der Waals surface area contributed by atoms with Crippen molar-refractivity contribution in [1.82, 2.24) is 0 Å². The highest BCUT2D eigenvalue weighted by atomic mass is 16.5. The third-order valence-corrected chi connectivity index (χ3v) is 19.4. The summed E-state index contributed by atoms with van der Waals surface area (Å²) in [6, 6.07) is 30.8. The number of benzene rings is 4. The number of aryl methyl sites for hydroxylation is 2. The fourth-order valence-corrected chi connectivity index (χ4v) is 14.7. The van der Waals surface area contributed by atoms with Crippen LogP contribution in [-0.2, 0) is 21.4 Å². The third kappa shape index (κ3) is 17.9. The topological polar surface area (TPSA) is 9.23 Å². The Balaban J connectivity index is 1.53. The molecule has 1 nitrogen and oxygen atoms in total. The van der Waals surface area contributed by atoms with E-state index in [0.717, 1.165) is 25.7 Å². The lowest BCUT2D eigenvalue weighted by Crippen LogP contribution is -2.41. The second kappa shape index (κ2) is 35.0. The molecule has 0 amide bonds. The second-order valence-corrected chi connectivity index (χ2v) is 25.9. The molecule has 78 heavy (non-hydrogen) atoms. The van der Waals surface area contributed by atoms with Crippen LogP contribution >= 0.6 is 0 Å². The lowest BCUT2D eigenvalue weighted by atomic mass is 9.70. The van der Waals surface area contributed by atoms with Crippen molar-refractivity contribution in [1.29, 1.82) is 0 Å². The van der Waals surface area contributed by atoms with Gasteiger partial charge in [-0.15, -0.1) is 0 Å². The van der Waals surface area contributed by atoms with E-state index in [1.807, 2.05) is 0 Å². The van der Waals surface area contributed by atoms with E-state index in [1.54, 1.807) is 11.1 Å². The highest BCUT2D eigenvalue weighted by Crippen LogP contribution is 2.58. The fraction of sp³-hybridized carbons (Fsp3) is 0.688. The molecular formula is C77H120O. The van der Waals surface area contributed by atoms with E-state index >= 15 is 0 Å². The zero-order valence-electron chi connectivity index (χ0n) is 52.5. The molecule has 1 aliphatic heterocycles. The maximum atomic E-state index is 8.72. The molecule has 0 saturated heterocycles. The summed E-state index contributed by atoms with van der Waals surface area (Å²) in [5, 5.41) is 0. The molecule has 2 aliphatic rings. The number of unbranched alkanes of at least 4 members (excludes halogenated alkanes) is 30. The zero-order valence-corrected chi connectivity index (χ0v) is 52.5. The van der Waals surface area contributed by atoms with Crippen molar-refractivity contribution < 1.29 is 4.74 Å². The maximum absolute atomic E-state index is 8.72. The van der Waals surface area contributed by atoms with Gasteiger partial charge in [0.05, 0.1) is 11.2 Å². The van der Waals surface area contributed by atoms with Crippen molar-refractivity contribution in [3.05, 3.63) is 106 Å². The highest BCUT2D eigenvalue weighted by molar-refractivity contribution is 5.85. The predicted molar refractivity (Wildman–Crippen MR) is 345 cm³/mol. The van der Waals surface area contributed by atoms with Crippen LogP contribution in [0.3, 0.4) is 0 Å². The van der Waals surface area contributed by atoms with Crippen LogP contribution in [0.15, 0.2) is 72.8 Å². The zero-order chi connectivity index (χ0) is 55.3. The van der Waals surface area contributed by atoms with Crippen molar-refractivity contribution in [2.24, 2.45) is 0 Å². The molecule has 0 fully saturated rings. The number of fused-ring (bicyclic) bond motifs is 6. The summed E-state index contributed by atoms with van der Waals surface area (Å²) < 4.78 is 8.72. The Morgan fingerprint density at radius 2 is 0.500 bits per heavy atom. The maximum Gasteiger partial charge on any atom is 0.0949 e. The summed E-state index contributed by atoms with van der Waals surface area (Å²) in [5.74, 6) is 0. The number of rotatable bonds is 43. The summed E-state index contributed by atoms with van der Waals surface area (Å²) in [5.41, 5.74) is 17.2. The average molecular weight is 1060 g/mol. The van der Waals surface area contributed by atoms with Gasteiger partial charge in [0.25, 0.3) is 0 Å². The summed E-state index contributed by atoms with van der Waals surface area (Å²) in [4.78, 5) is 0. The summed E-state index contributed by atoms with van der Waals surface area (Å²) in [6.07, 6.45) is 54.7. The molecule has 0 spiro atoms. The fourth-order valence-electron chi connectivity index (χ4n) is 14.7. The first-order valence-corrected chi connectivity index (χ1v) is 34.5. The minimum Gasteiger partial charge on any atom is -0.359 e. The highest BCUT2D eigenvalue weighted by Gasteiger charge is 2.48. The van der Waals surface area contributed by atoms with E-state index in [-0.39, 0.29) is 16.6 Å². The molecule has 0 bridgehead atoms. The molecule has 1 heteroatoms. The monoisotopic (exact) mass is 1060 g/mol. The first kappa shape index (κ1) is 64.0. The molecule has 0 N–H and O–H groups in total. The smallest absolute Gasteiger partial charge is 0.0949 e. The molecule has 0 atom stereocenters. The van der Waals surface area contributed by atoms with E-state index in [1.165, 1.54) is 300 Å².